The maximum absolute atomic E-state index is 11.0. The molecule has 0 aromatic heterocycles. The lowest BCUT2D eigenvalue weighted by atomic mass is 9.99. The summed E-state index contributed by atoms with van der Waals surface area (Å²) in [6, 6.07) is -0.357. The molecule has 5 heteroatoms. The van der Waals surface area contributed by atoms with Crippen molar-refractivity contribution in [3.05, 3.63) is 11.1 Å². The van der Waals surface area contributed by atoms with Crippen molar-refractivity contribution < 1.29 is 4.79 Å². The van der Waals surface area contributed by atoms with Crippen LogP contribution in [0.4, 0.5) is 0 Å². The van der Waals surface area contributed by atoms with Gasteiger partial charge in [-0.2, -0.15) is 0 Å². The molecule has 1 atom stereocenters. The standard InChI is InChI=1S/C12H22IN3O/c1-4-10(5-6-11(15)12(13)17)8(2)7-16-9(3)14/h11H,4-7,15H2,1-3H3,(H2,14,16)/b10-8+. The molecule has 0 bridgehead atoms. The van der Waals surface area contributed by atoms with E-state index in [0.717, 1.165) is 12.8 Å². The van der Waals surface area contributed by atoms with Crippen molar-refractivity contribution >= 4 is 32.2 Å². The van der Waals surface area contributed by atoms with Gasteiger partial charge >= 0.3 is 0 Å². The number of carbonyl (C=O) groups excluding carboxylic acids is 1. The van der Waals surface area contributed by atoms with Crippen molar-refractivity contribution in [2.24, 2.45) is 16.5 Å². The molecule has 0 fully saturated rings. The Morgan fingerprint density at radius 1 is 1.41 bits per heavy atom. The van der Waals surface area contributed by atoms with E-state index in [9.17, 15) is 4.79 Å². The lowest BCUT2D eigenvalue weighted by Gasteiger charge is -2.11. The van der Waals surface area contributed by atoms with E-state index in [1.165, 1.54) is 11.1 Å². The van der Waals surface area contributed by atoms with Crippen molar-refractivity contribution in [3.8, 4) is 0 Å². The number of rotatable bonds is 7. The molecule has 0 aliphatic heterocycles. The van der Waals surface area contributed by atoms with Gasteiger partial charge < -0.3 is 11.5 Å². The number of amidine groups is 1. The van der Waals surface area contributed by atoms with Crippen LogP contribution in [0.25, 0.3) is 0 Å². The molecular formula is C12H22IN3O. The van der Waals surface area contributed by atoms with Crippen molar-refractivity contribution in [1.82, 2.24) is 0 Å². The van der Waals surface area contributed by atoms with Gasteiger partial charge in [-0.3, -0.25) is 9.79 Å². The van der Waals surface area contributed by atoms with Crippen LogP contribution in [-0.2, 0) is 4.79 Å². The molecule has 17 heavy (non-hydrogen) atoms. The Kier molecular flexibility index (Phi) is 8.41. The molecule has 0 saturated carbocycles. The molecule has 1 unspecified atom stereocenters. The minimum atomic E-state index is -0.357. The van der Waals surface area contributed by atoms with Crippen LogP contribution in [-0.4, -0.2) is 22.2 Å². The van der Waals surface area contributed by atoms with Crippen LogP contribution in [0.1, 0.15) is 40.0 Å². The molecule has 0 heterocycles. The number of aliphatic imine (C=N–C) groups is 1. The second kappa shape index (κ2) is 8.63. The molecule has 0 amide bonds. The van der Waals surface area contributed by atoms with Crippen LogP contribution in [0.5, 0.6) is 0 Å². The zero-order valence-corrected chi connectivity index (χ0v) is 13.0. The molecule has 0 radical (unpaired) electrons. The van der Waals surface area contributed by atoms with Gasteiger partial charge in [-0.1, -0.05) is 18.1 Å². The molecule has 0 rings (SSSR count). The summed E-state index contributed by atoms with van der Waals surface area (Å²) in [4.78, 5) is 15.2. The first-order valence-corrected chi connectivity index (χ1v) is 6.85. The second-order valence-corrected chi connectivity index (χ2v) is 5.21. The number of allylic oxidation sites excluding steroid dienone is 1. The fraction of sp³-hybridized carbons (Fsp3) is 0.667. The predicted molar refractivity (Wildman–Crippen MR) is 81.4 cm³/mol. The number of carbonyl (C=O) groups is 1. The van der Waals surface area contributed by atoms with E-state index in [2.05, 4.69) is 18.8 Å². The first-order chi connectivity index (χ1) is 7.88. The van der Waals surface area contributed by atoms with Crippen molar-refractivity contribution in [2.75, 3.05) is 6.54 Å². The largest absolute Gasteiger partial charge is 0.388 e. The molecule has 0 aliphatic carbocycles. The highest BCUT2D eigenvalue weighted by Gasteiger charge is 2.10. The van der Waals surface area contributed by atoms with Gasteiger partial charge in [0.1, 0.15) is 0 Å². The predicted octanol–water partition coefficient (Wildman–Crippen LogP) is 2.16. The Morgan fingerprint density at radius 3 is 2.41 bits per heavy atom. The van der Waals surface area contributed by atoms with Gasteiger partial charge in [-0.25, -0.2) is 0 Å². The van der Waals surface area contributed by atoms with Crippen LogP contribution in [0.2, 0.25) is 0 Å². The Labute approximate surface area is 117 Å². The average molecular weight is 351 g/mol. The van der Waals surface area contributed by atoms with Crippen LogP contribution in [0.3, 0.4) is 0 Å². The Bertz CT molecular complexity index is 320. The summed E-state index contributed by atoms with van der Waals surface area (Å²) in [5.41, 5.74) is 13.8. The lowest BCUT2D eigenvalue weighted by Crippen LogP contribution is -2.26. The average Bonchev–Trinajstić information content (AvgIpc) is 2.26. The van der Waals surface area contributed by atoms with Crippen molar-refractivity contribution in [2.45, 2.75) is 46.1 Å². The zero-order valence-electron chi connectivity index (χ0n) is 10.8. The van der Waals surface area contributed by atoms with Gasteiger partial charge in [-0.15, -0.1) is 0 Å². The number of nitrogens with zero attached hydrogens (tertiary/aromatic N) is 1. The third-order valence-electron chi connectivity index (χ3n) is 2.64. The Morgan fingerprint density at radius 2 is 2.00 bits per heavy atom. The van der Waals surface area contributed by atoms with Gasteiger partial charge in [0, 0.05) is 22.6 Å². The monoisotopic (exact) mass is 351 g/mol. The lowest BCUT2D eigenvalue weighted by molar-refractivity contribution is -0.110. The van der Waals surface area contributed by atoms with Gasteiger partial charge in [0.15, 0.2) is 0 Å². The molecule has 98 valence electrons. The van der Waals surface area contributed by atoms with Gasteiger partial charge in [0.2, 0.25) is 3.79 Å². The summed E-state index contributed by atoms with van der Waals surface area (Å²) in [5, 5.41) is 0. The molecule has 0 aromatic carbocycles. The van der Waals surface area contributed by atoms with Crippen molar-refractivity contribution in [1.29, 1.82) is 0 Å². The Balaban J connectivity index is 4.44. The van der Waals surface area contributed by atoms with E-state index < -0.39 is 0 Å². The van der Waals surface area contributed by atoms with Gasteiger partial charge in [0.25, 0.3) is 0 Å². The van der Waals surface area contributed by atoms with Crippen molar-refractivity contribution in [3.63, 3.8) is 0 Å². The van der Waals surface area contributed by atoms with E-state index in [0.29, 0.717) is 18.8 Å². The quantitative estimate of drug-likeness (QED) is 0.242. The fourth-order valence-electron chi connectivity index (χ4n) is 1.49. The van der Waals surface area contributed by atoms with E-state index in [1.54, 1.807) is 29.5 Å². The van der Waals surface area contributed by atoms with Gasteiger partial charge in [0.05, 0.1) is 18.4 Å². The highest BCUT2D eigenvalue weighted by Crippen LogP contribution is 2.17. The van der Waals surface area contributed by atoms with Crippen LogP contribution in [0, 0.1) is 0 Å². The number of halogens is 1. The summed E-state index contributed by atoms with van der Waals surface area (Å²) in [5.74, 6) is 0.596. The minimum Gasteiger partial charge on any atom is -0.388 e. The maximum Gasteiger partial charge on any atom is 0.208 e. The smallest absolute Gasteiger partial charge is 0.208 e. The molecule has 0 saturated heterocycles. The Hall–Kier alpha value is -0.430. The van der Waals surface area contributed by atoms with Crippen LogP contribution >= 0.6 is 22.6 Å². The van der Waals surface area contributed by atoms with Crippen LogP contribution in [0.15, 0.2) is 16.1 Å². The van der Waals surface area contributed by atoms with E-state index in [1.807, 2.05) is 0 Å². The summed E-state index contributed by atoms with van der Waals surface area (Å²) in [7, 11) is 0. The molecular weight excluding hydrogens is 329 g/mol. The van der Waals surface area contributed by atoms with E-state index in [-0.39, 0.29) is 9.83 Å². The van der Waals surface area contributed by atoms with Gasteiger partial charge in [-0.05, 0) is 33.1 Å². The molecule has 0 aromatic rings. The number of nitrogens with two attached hydrogens (primary N) is 2. The van der Waals surface area contributed by atoms with E-state index in [4.69, 9.17) is 11.5 Å². The minimum absolute atomic E-state index is 0.0199. The zero-order chi connectivity index (χ0) is 13.4. The second-order valence-electron chi connectivity index (χ2n) is 4.14. The summed E-state index contributed by atoms with van der Waals surface area (Å²) in [6.45, 7) is 6.58. The molecule has 0 spiro atoms. The topological polar surface area (TPSA) is 81.5 Å². The molecule has 0 aliphatic rings. The van der Waals surface area contributed by atoms with Crippen LogP contribution < -0.4 is 11.5 Å². The maximum atomic E-state index is 11.0. The summed E-state index contributed by atoms with van der Waals surface area (Å²) >= 11 is 1.75. The fourth-order valence-corrected chi connectivity index (χ4v) is 1.80. The number of hydrogen-bond donors (Lipinski definition) is 2. The molecule has 4 nitrogen and oxygen atoms in total. The molecule has 4 N–H and O–H groups in total. The first-order valence-electron chi connectivity index (χ1n) is 5.77. The normalized spacial score (nSPS) is 15.5. The number of hydrogen-bond acceptors (Lipinski definition) is 3. The SMILES string of the molecule is CC/C(CCC(N)C(=O)I)=C(/C)CN=C(C)N. The summed E-state index contributed by atoms with van der Waals surface area (Å²) < 4.78 is 0.0199. The third-order valence-corrected chi connectivity index (χ3v) is 3.44. The summed E-state index contributed by atoms with van der Waals surface area (Å²) in [6.07, 6.45) is 2.53. The van der Waals surface area contributed by atoms with E-state index >= 15 is 0 Å². The first kappa shape index (κ1) is 16.6. The third kappa shape index (κ3) is 7.49. The highest BCUT2D eigenvalue weighted by molar-refractivity contribution is 14.1. The highest BCUT2D eigenvalue weighted by atomic mass is 127.